The maximum absolute atomic E-state index is 14.4. The van der Waals surface area contributed by atoms with E-state index in [9.17, 15) is 4.79 Å². The molecule has 0 saturated heterocycles. The predicted octanol–water partition coefficient (Wildman–Crippen LogP) is 9.37. The van der Waals surface area contributed by atoms with Crippen molar-refractivity contribution in [3.05, 3.63) is 211 Å². The number of hydrogen-bond donors (Lipinski definition) is 0. The first-order chi connectivity index (χ1) is 34.5. The van der Waals surface area contributed by atoms with Gasteiger partial charge >= 0.3 is 26.8 Å². The summed E-state index contributed by atoms with van der Waals surface area (Å²) < 4.78 is 120. The number of para-hydroxylation sites is 4. The molecule has 5 heterocycles. The zero-order valence-electron chi connectivity index (χ0n) is 43.8. The molecule has 0 aliphatic heterocycles. The van der Waals surface area contributed by atoms with Gasteiger partial charge in [0.2, 0.25) is 0 Å². The molecule has 60 heavy (non-hydrogen) atoms. The number of aromatic nitrogens is 8. The molecule has 0 radical (unpaired) electrons. The third-order valence-electron chi connectivity index (χ3n) is 9.94. The van der Waals surface area contributed by atoms with Crippen LogP contribution < -0.4 is 10.3 Å². The van der Waals surface area contributed by atoms with Gasteiger partial charge in [0.1, 0.15) is 11.6 Å². The molecule has 5 aromatic heterocycles. The molecular formula is C50H33N8OPt+. The van der Waals surface area contributed by atoms with E-state index in [0.717, 1.165) is 0 Å². The number of imidazole rings is 3. The zero-order chi connectivity index (χ0) is 50.7. The quantitative estimate of drug-likeness (QED) is 0.118. The molecule has 0 amide bonds. The van der Waals surface area contributed by atoms with Crippen LogP contribution in [0.5, 0.6) is 0 Å². The van der Waals surface area contributed by atoms with Crippen LogP contribution in [-0.4, -0.2) is 33.2 Å². The monoisotopic (exact) mass is 969 g/mol. The number of rotatable bonds is 7. The molecule has 0 aliphatic carbocycles. The Morgan fingerprint density at radius 3 is 2.02 bits per heavy atom. The van der Waals surface area contributed by atoms with Crippen molar-refractivity contribution in [2.75, 3.05) is 0 Å². The fourth-order valence-electron chi connectivity index (χ4n) is 7.43. The fraction of sp³-hybridized carbons (Fsp3) is 0.0200. The molecule has 0 saturated carbocycles. The number of fused-ring (bicyclic) bond motifs is 3. The van der Waals surface area contributed by atoms with E-state index in [1.165, 1.54) is 36.5 Å². The Hall–Kier alpha value is -7.48. The van der Waals surface area contributed by atoms with Crippen molar-refractivity contribution in [1.82, 2.24) is 33.2 Å². The van der Waals surface area contributed by atoms with Crippen LogP contribution in [0.25, 0.3) is 84.2 Å². The second-order valence-electron chi connectivity index (χ2n) is 13.3. The van der Waals surface area contributed by atoms with E-state index < -0.39 is 73.0 Å². The summed E-state index contributed by atoms with van der Waals surface area (Å²) >= 11 is 0. The maximum Gasteiger partial charge on any atom is 2.00 e. The Kier molecular flexibility index (Phi) is 6.29. The number of benzene rings is 6. The average Bonchev–Trinajstić information content (AvgIpc) is 4.05. The third-order valence-corrected chi connectivity index (χ3v) is 9.94. The molecule has 0 unspecified atom stereocenters. The standard InChI is InChI=1S/C50H33N8O.Pt/c1-34-52-40-31-44-45(58(46-27-13-14-30-51-46)50(59)57(44)37-21-9-4-10-22-37)32-43(40)56(34)48-29-16-28-47(53-48)54-33-55(42-26-12-11-25-41(42)54)49-38(35-17-5-2-6-18-35)23-15-24-39(49)36-19-7-3-8-20-36;/h2-31H,1H3;/q-1;+2/i1D3,2D,3D,5D,6D,7D,8D,17D,18D,19D,20D;. The molecule has 10 heteroatoms. The van der Waals surface area contributed by atoms with Gasteiger partial charge in [0.15, 0.2) is 5.82 Å². The molecule has 0 aliphatic rings. The van der Waals surface area contributed by atoms with Gasteiger partial charge in [-0.25, -0.2) is 14.8 Å². The summed E-state index contributed by atoms with van der Waals surface area (Å²) in [6, 6.07) is 29.5. The van der Waals surface area contributed by atoms with Crippen molar-refractivity contribution in [3.8, 4) is 51.1 Å². The molecule has 0 atom stereocenters. The molecule has 11 rings (SSSR count). The minimum atomic E-state index is -2.80. The van der Waals surface area contributed by atoms with Crippen molar-refractivity contribution >= 4 is 33.1 Å². The molecule has 6 aromatic carbocycles. The van der Waals surface area contributed by atoms with Crippen molar-refractivity contribution < 1.29 is 43.5 Å². The number of hydrogen-bond acceptors (Lipinski definition) is 4. The summed E-state index contributed by atoms with van der Waals surface area (Å²) in [5, 5.41) is 0. The van der Waals surface area contributed by atoms with E-state index in [2.05, 4.69) is 22.4 Å². The van der Waals surface area contributed by atoms with E-state index in [0.29, 0.717) is 28.1 Å². The van der Waals surface area contributed by atoms with Crippen molar-refractivity contribution in [3.63, 3.8) is 0 Å². The molecule has 0 N–H and O–H groups in total. The molecule has 9 nitrogen and oxygen atoms in total. The van der Waals surface area contributed by atoms with Crippen LogP contribution in [0.15, 0.2) is 187 Å². The summed E-state index contributed by atoms with van der Waals surface area (Å²) in [5.74, 6) is 0.220. The molecule has 0 fully saturated rings. The second kappa shape index (κ2) is 15.0. The van der Waals surface area contributed by atoms with Crippen molar-refractivity contribution in [1.29, 1.82) is 0 Å². The molecule has 11 aromatic rings. The summed E-state index contributed by atoms with van der Waals surface area (Å²) in [5.41, 5.74) is 1.73. The summed E-state index contributed by atoms with van der Waals surface area (Å²) in [6.45, 7) is -2.80. The van der Waals surface area contributed by atoms with Crippen LogP contribution in [0.4, 0.5) is 0 Å². The average molecular weight is 970 g/mol. The smallest absolute Gasteiger partial charge is 0.315 e. The van der Waals surface area contributed by atoms with E-state index in [4.69, 9.17) is 22.8 Å². The number of pyridine rings is 2. The predicted molar refractivity (Wildman–Crippen MR) is 231 cm³/mol. The Labute approximate surface area is 377 Å². The Morgan fingerprint density at radius 2 is 1.30 bits per heavy atom. The van der Waals surface area contributed by atoms with Gasteiger partial charge in [0.25, 0.3) is 6.33 Å². The van der Waals surface area contributed by atoms with Crippen LogP contribution in [0.2, 0.25) is 0 Å². The second-order valence-corrected chi connectivity index (χ2v) is 13.3. The normalized spacial score (nSPS) is 14.6. The maximum atomic E-state index is 14.4. The largest absolute Gasteiger partial charge is 2.00 e. The SMILES string of the molecule is [2H]c1c([2H])c([2H])c(-c2cccc(-c3c([2H])c([2H])c([2H])c([2H])c3[2H])c2-[n+]2[c-]n(-c3cccc(-n4c(C([2H])([2H])[2H])nc5cc6c([c-]c54)n(-c4ccccn4)c(=O)n6-c4ccccc4)n3)c3ccccc32)c([2H])c1[2H].[Pt+2]. The fourth-order valence-corrected chi connectivity index (χ4v) is 7.43. The van der Waals surface area contributed by atoms with Crippen LogP contribution in [-0.2, 0) is 21.1 Å². The molecule has 0 bridgehead atoms. The van der Waals surface area contributed by atoms with Crippen molar-refractivity contribution in [2.45, 2.75) is 6.85 Å². The topological polar surface area (TPSA) is 79.3 Å². The van der Waals surface area contributed by atoms with Gasteiger partial charge in [0.05, 0.1) is 36.3 Å². The summed E-state index contributed by atoms with van der Waals surface area (Å²) in [6.07, 6.45) is 4.85. The first-order valence-electron chi connectivity index (χ1n) is 24.8. The van der Waals surface area contributed by atoms with Crippen molar-refractivity contribution in [2.24, 2.45) is 0 Å². The molecular weight excluding hydrogens is 924 g/mol. The van der Waals surface area contributed by atoms with Gasteiger partial charge in [-0.15, -0.1) is 12.1 Å². The summed E-state index contributed by atoms with van der Waals surface area (Å²) in [4.78, 5) is 28.5. The van der Waals surface area contributed by atoms with Gasteiger partial charge in [-0.1, -0.05) is 133 Å². The first-order valence-corrected chi connectivity index (χ1v) is 18.3. The van der Waals surface area contributed by atoms with Crippen LogP contribution in [0, 0.1) is 19.2 Å². The van der Waals surface area contributed by atoms with Crippen LogP contribution in [0.1, 0.15) is 23.6 Å². The Bertz CT molecular complexity index is 3990. The van der Waals surface area contributed by atoms with Gasteiger partial charge in [-0.2, -0.15) is 0 Å². The van der Waals surface area contributed by atoms with E-state index in [1.807, 2.05) is 6.07 Å². The van der Waals surface area contributed by atoms with Gasteiger partial charge in [-0.3, -0.25) is 18.7 Å². The Balaban J connectivity index is 0.00000611. The molecule has 0 spiro atoms. The Morgan fingerprint density at radius 1 is 0.633 bits per heavy atom. The van der Waals surface area contributed by atoms with Gasteiger partial charge < -0.3 is 9.13 Å². The minimum Gasteiger partial charge on any atom is -0.315 e. The molecule has 288 valence electrons. The van der Waals surface area contributed by atoms with Crippen LogP contribution in [0.3, 0.4) is 0 Å². The van der Waals surface area contributed by atoms with Crippen LogP contribution >= 0.6 is 0 Å². The number of aryl methyl sites for hydroxylation is 1. The van der Waals surface area contributed by atoms with Gasteiger partial charge in [-0.05, 0) is 87.6 Å². The summed E-state index contributed by atoms with van der Waals surface area (Å²) in [7, 11) is 0. The van der Waals surface area contributed by atoms with Gasteiger partial charge in [0, 0.05) is 16.0 Å². The van der Waals surface area contributed by atoms with E-state index in [1.54, 1.807) is 102 Å². The minimum absolute atomic E-state index is 0. The van der Waals surface area contributed by atoms with E-state index >= 15 is 0 Å². The first kappa shape index (κ1) is 25.1. The van der Waals surface area contributed by atoms with E-state index in [-0.39, 0.29) is 83.0 Å². The zero-order valence-corrected chi connectivity index (χ0v) is 33.1. The third kappa shape index (κ3) is 6.01. The number of nitrogens with zero attached hydrogens (tertiary/aromatic N) is 8.